The number of carbonyl (C=O) groups excluding carboxylic acids is 2. The van der Waals surface area contributed by atoms with Crippen LogP contribution < -0.4 is 0 Å². The lowest BCUT2D eigenvalue weighted by Crippen LogP contribution is -2.29. The predicted molar refractivity (Wildman–Crippen MR) is 167 cm³/mol. The molecule has 0 aliphatic heterocycles. The first kappa shape index (κ1) is 39.8. The molecule has 7 heteroatoms. The Morgan fingerprint density at radius 1 is 0.537 bits per heavy atom. The van der Waals surface area contributed by atoms with Gasteiger partial charge in [0, 0.05) is 6.61 Å². The van der Waals surface area contributed by atoms with Crippen LogP contribution in [0, 0.1) is 0 Å². The molecule has 0 bridgehead atoms. The smallest absolute Gasteiger partial charge is 0.332 e. The summed E-state index contributed by atoms with van der Waals surface area (Å²) in [6.45, 7) is 12.4. The van der Waals surface area contributed by atoms with Gasteiger partial charge in [0.05, 0.1) is 32.8 Å². The van der Waals surface area contributed by atoms with Crippen molar-refractivity contribution in [2.75, 3.05) is 39.6 Å². The van der Waals surface area contributed by atoms with E-state index in [2.05, 4.69) is 13.8 Å². The minimum Gasteiger partial charge on any atom is -0.460 e. The van der Waals surface area contributed by atoms with Crippen LogP contribution in [0.3, 0.4) is 0 Å². The second-order valence-electron chi connectivity index (χ2n) is 12.3. The van der Waals surface area contributed by atoms with Gasteiger partial charge in [-0.3, -0.25) is 4.79 Å². The van der Waals surface area contributed by atoms with Crippen molar-refractivity contribution in [3.8, 4) is 0 Å². The van der Waals surface area contributed by atoms with E-state index in [0.717, 1.165) is 25.9 Å². The lowest BCUT2D eigenvalue weighted by molar-refractivity contribution is -0.164. The third-order valence-corrected chi connectivity index (χ3v) is 6.85. The highest BCUT2D eigenvalue weighted by atomic mass is 16.6. The fourth-order valence-electron chi connectivity index (χ4n) is 4.61. The predicted octanol–water partition coefficient (Wildman–Crippen LogP) is 8.74. The van der Waals surface area contributed by atoms with Crippen molar-refractivity contribution in [2.45, 2.75) is 168 Å². The molecule has 0 aromatic heterocycles. The van der Waals surface area contributed by atoms with Crippen molar-refractivity contribution in [1.29, 1.82) is 0 Å². The Bertz CT molecular complexity index is 588. The number of esters is 2. The van der Waals surface area contributed by atoms with Crippen molar-refractivity contribution < 1.29 is 33.3 Å². The molecule has 0 saturated carbocycles. The zero-order valence-corrected chi connectivity index (χ0v) is 27.6. The van der Waals surface area contributed by atoms with E-state index in [1.165, 1.54) is 89.9 Å². The average Bonchev–Trinajstić information content (AvgIpc) is 2.90. The van der Waals surface area contributed by atoms with Crippen LogP contribution in [0.5, 0.6) is 0 Å². The maximum Gasteiger partial charge on any atom is 0.332 e. The molecule has 0 aromatic carbocycles. The van der Waals surface area contributed by atoms with E-state index in [-0.39, 0.29) is 19.0 Å². The number of hydrogen-bond donors (Lipinski definition) is 0. The highest BCUT2D eigenvalue weighted by Crippen LogP contribution is 2.17. The first-order valence-electron chi connectivity index (χ1n) is 16.9. The SMILES string of the molecule is CCCCCCCCCCCCCCCC(CC(=O)OC(C)(C)C)OC(=O)COCCOCCOCCCCCC. The Hall–Kier alpha value is -1.18. The summed E-state index contributed by atoms with van der Waals surface area (Å²) in [5.41, 5.74) is -0.565. The van der Waals surface area contributed by atoms with Gasteiger partial charge < -0.3 is 23.7 Å². The minimum atomic E-state index is -0.565. The molecular weight excluding hydrogens is 520 g/mol. The molecule has 1 atom stereocenters. The molecule has 7 nitrogen and oxygen atoms in total. The highest BCUT2D eigenvalue weighted by molar-refractivity contribution is 5.73. The number of ether oxygens (including phenoxy) is 5. The molecule has 0 aliphatic rings. The van der Waals surface area contributed by atoms with Crippen LogP contribution in [-0.4, -0.2) is 63.3 Å². The molecule has 0 spiro atoms. The Morgan fingerprint density at radius 3 is 1.49 bits per heavy atom. The van der Waals surface area contributed by atoms with Gasteiger partial charge in [0.25, 0.3) is 0 Å². The van der Waals surface area contributed by atoms with Gasteiger partial charge >= 0.3 is 11.9 Å². The summed E-state index contributed by atoms with van der Waals surface area (Å²) in [6.07, 6.45) is 21.6. The van der Waals surface area contributed by atoms with E-state index < -0.39 is 17.7 Å². The van der Waals surface area contributed by atoms with Gasteiger partial charge in [-0.1, -0.05) is 110 Å². The molecule has 0 amide bonds. The van der Waals surface area contributed by atoms with E-state index in [0.29, 0.717) is 32.8 Å². The van der Waals surface area contributed by atoms with Gasteiger partial charge in [-0.05, 0) is 40.0 Å². The lowest BCUT2D eigenvalue weighted by atomic mass is 10.0. The average molecular weight is 587 g/mol. The molecule has 1 unspecified atom stereocenters. The first-order chi connectivity index (χ1) is 19.8. The summed E-state index contributed by atoms with van der Waals surface area (Å²) >= 11 is 0. The summed E-state index contributed by atoms with van der Waals surface area (Å²) in [7, 11) is 0. The number of rotatable bonds is 30. The molecule has 0 rings (SSSR count). The quantitative estimate of drug-likeness (QED) is 0.0615. The van der Waals surface area contributed by atoms with Gasteiger partial charge in [-0.25, -0.2) is 4.79 Å². The Morgan fingerprint density at radius 2 is 0.976 bits per heavy atom. The Labute approximate surface area is 253 Å². The molecule has 0 heterocycles. The third kappa shape index (κ3) is 31.6. The zero-order chi connectivity index (χ0) is 30.4. The number of unbranched alkanes of at least 4 members (excludes halogenated alkanes) is 15. The van der Waals surface area contributed by atoms with Crippen molar-refractivity contribution in [2.24, 2.45) is 0 Å². The van der Waals surface area contributed by atoms with Crippen molar-refractivity contribution in [1.82, 2.24) is 0 Å². The maximum atomic E-state index is 12.4. The number of hydrogen-bond acceptors (Lipinski definition) is 7. The monoisotopic (exact) mass is 586 g/mol. The molecule has 41 heavy (non-hydrogen) atoms. The normalized spacial score (nSPS) is 12.4. The standard InChI is InChI=1S/C34H66O7/c1-6-8-10-12-13-14-15-16-17-18-19-20-21-23-31(29-32(35)41-34(3,4)5)40-33(36)30-39-28-27-38-26-25-37-24-22-11-9-7-2/h31H,6-30H2,1-5H3. The second-order valence-corrected chi connectivity index (χ2v) is 12.3. The molecule has 0 N–H and O–H groups in total. The Balaban J connectivity index is 4.05. The van der Waals surface area contributed by atoms with Crippen molar-refractivity contribution in [3.05, 3.63) is 0 Å². The van der Waals surface area contributed by atoms with Crippen LogP contribution in [-0.2, 0) is 33.3 Å². The Kier molecular flexibility index (Phi) is 28.1. The van der Waals surface area contributed by atoms with Gasteiger partial charge in [-0.2, -0.15) is 0 Å². The van der Waals surface area contributed by atoms with Gasteiger partial charge in [0.2, 0.25) is 0 Å². The summed E-state index contributed by atoms with van der Waals surface area (Å²) in [5, 5.41) is 0. The first-order valence-corrected chi connectivity index (χ1v) is 16.9. The van der Waals surface area contributed by atoms with Gasteiger partial charge in [0.15, 0.2) is 0 Å². The fraction of sp³-hybridized carbons (Fsp3) is 0.941. The molecule has 0 aromatic rings. The van der Waals surface area contributed by atoms with E-state index in [1.54, 1.807) is 0 Å². The summed E-state index contributed by atoms with van der Waals surface area (Å²) in [6, 6.07) is 0. The second kappa shape index (κ2) is 28.9. The van der Waals surface area contributed by atoms with E-state index in [4.69, 9.17) is 23.7 Å². The largest absolute Gasteiger partial charge is 0.460 e. The summed E-state index contributed by atoms with van der Waals surface area (Å²) in [4.78, 5) is 24.8. The van der Waals surface area contributed by atoms with Crippen LogP contribution >= 0.6 is 0 Å². The van der Waals surface area contributed by atoms with E-state index in [1.807, 2.05) is 20.8 Å². The van der Waals surface area contributed by atoms with Gasteiger partial charge in [-0.15, -0.1) is 0 Å². The molecule has 0 fully saturated rings. The van der Waals surface area contributed by atoms with Crippen LogP contribution in [0.2, 0.25) is 0 Å². The third-order valence-electron chi connectivity index (χ3n) is 6.85. The molecule has 244 valence electrons. The lowest BCUT2D eigenvalue weighted by Gasteiger charge is -2.22. The number of carbonyl (C=O) groups is 2. The van der Waals surface area contributed by atoms with Crippen molar-refractivity contribution in [3.63, 3.8) is 0 Å². The van der Waals surface area contributed by atoms with Crippen LogP contribution in [0.1, 0.15) is 157 Å². The topological polar surface area (TPSA) is 80.3 Å². The van der Waals surface area contributed by atoms with Crippen LogP contribution in [0.4, 0.5) is 0 Å². The van der Waals surface area contributed by atoms with Crippen molar-refractivity contribution >= 4 is 11.9 Å². The molecular formula is C34H66O7. The molecule has 0 saturated heterocycles. The maximum absolute atomic E-state index is 12.4. The van der Waals surface area contributed by atoms with E-state index >= 15 is 0 Å². The van der Waals surface area contributed by atoms with Crippen LogP contribution in [0.25, 0.3) is 0 Å². The highest BCUT2D eigenvalue weighted by Gasteiger charge is 2.23. The molecule has 0 aliphatic carbocycles. The van der Waals surface area contributed by atoms with E-state index in [9.17, 15) is 9.59 Å². The minimum absolute atomic E-state index is 0.0722. The summed E-state index contributed by atoms with van der Waals surface area (Å²) < 4.78 is 27.5. The molecule has 0 radical (unpaired) electrons. The summed E-state index contributed by atoms with van der Waals surface area (Å²) in [5.74, 6) is -0.796. The fourth-order valence-corrected chi connectivity index (χ4v) is 4.61. The zero-order valence-electron chi connectivity index (χ0n) is 27.6. The van der Waals surface area contributed by atoms with Crippen LogP contribution in [0.15, 0.2) is 0 Å². The van der Waals surface area contributed by atoms with Gasteiger partial charge in [0.1, 0.15) is 18.3 Å².